The van der Waals surface area contributed by atoms with Gasteiger partial charge in [0.25, 0.3) is 0 Å². The lowest BCUT2D eigenvalue weighted by molar-refractivity contribution is 0.302. The Labute approximate surface area is 129 Å². The predicted octanol–water partition coefficient (Wildman–Crippen LogP) is 3.55. The lowest BCUT2D eigenvalue weighted by Gasteiger charge is -2.24. The third-order valence-corrected chi connectivity index (χ3v) is 5.04. The van der Waals surface area contributed by atoms with Crippen LogP contribution in [0.1, 0.15) is 56.2 Å². The molecule has 2 atom stereocenters. The molecule has 1 aromatic rings. The molecule has 1 aliphatic rings. The fourth-order valence-corrected chi connectivity index (χ4v) is 3.67. The van der Waals surface area contributed by atoms with E-state index in [4.69, 9.17) is 10.5 Å². The van der Waals surface area contributed by atoms with Gasteiger partial charge in [0.1, 0.15) is 5.75 Å². The van der Waals surface area contributed by atoms with Crippen molar-refractivity contribution in [3.05, 3.63) is 29.3 Å². The van der Waals surface area contributed by atoms with Crippen LogP contribution in [-0.2, 0) is 0 Å². The molecule has 3 heteroatoms. The van der Waals surface area contributed by atoms with Crippen LogP contribution in [0, 0.1) is 5.92 Å². The van der Waals surface area contributed by atoms with Crippen LogP contribution >= 0.6 is 0 Å². The van der Waals surface area contributed by atoms with Gasteiger partial charge >= 0.3 is 0 Å². The number of methoxy groups -OCH3 is 1. The minimum Gasteiger partial charge on any atom is -0.496 e. The van der Waals surface area contributed by atoms with Crippen LogP contribution in [0.2, 0.25) is 0 Å². The summed E-state index contributed by atoms with van der Waals surface area (Å²) in [6, 6.07) is 7.18. The van der Waals surface area contributed by atoms with E-state index in [2.05, 4.69) is 44.0 Å². The molecule has 1 aromatic carbocycles. The number of rotatable bonds is 6. The van der Waals surface area contributed by atoms with Gasteiger partial charge in [-0.2, -0.15) is 0 Å². The first kappa shape index (κ1) is 16.3. The Morgan fingerprint density at radius 3 is 2.57 bits per heavy atom. The van der Waals surface area contributed by atoms with Crippen molar-refractivity contribution < 1.29 is 4.74 Å². The maximum Gasteiger partial charge on any atom is 0.123 e. The zero-order valence-corrected chi connectivity index (χ0v) is 13.9. The third kappa shape index (κ3) is 3.41. The summed E-state index contributed by atoms with van der Waals surface area (Å²) in [5.74, 6) is 2.26. The van der Waals surface area contributed by atoms with Crippen LogP contribution in [0.5, 0.6) is 5.75 Å². The molecule has 1 heterocycles. The van der Waals surface area contributed by atoms with E-state index in [0.717, 1.165) is 25.3 Å². The number of likely N-dealkylation sites (tertiary alicyclic amines) is 1. The number of benzene rings is 1. The second-order valence-corrected chi connectivity index (χ2v) is 6.31. The van der Waals surface area contributed by atoms with Gasteiger partial charge in [0.05, 0.1) is 7.11 Å². The summed E-state index contributed by atoms with van der Waals surface area (Å²) < 4.78 is 5.62. The molecule has 0 aliphatic carbocycles. The van der Waals surface area contributed by atoms with Crippen LogP contribution in [0.15, 0.2) is 18.2 Å². The van der Waals surface area contributed by atoms with Crippen LogP contribution in [-0.4, -0.2) is 32.1 Å². The molecule has 0 bridgehead atoms. The van der Waals surface area contributed by atoms with Crippen molar-refractivity contribution in [2.45, 2.75) is 45.1 Å². The monoisotopic (exact) mass is 290 g/mol. The van der Waals surface area contributed by atoms with E-state index >= 15 is 0 Å². The van der Waals surface area contributed by atoms with Crippen molar-refractivity contribution in [3.8, 4) is 5.75 Å². The van der Waals surface area contributed by atoms with E-state index in [-0.39, 0.29) is 0 Å². The van der Waals surface area contributed by atoms with Crippen LogP contribution < -0.4 is 10.5 Å². The summed E-state index contributed by atoms with van der Waals surface area (Å²) in [6.45, 7) is 6.39. The van der Waals surface area contributed by atoms with E-state index < -0.39 is 0 Å². The highest BCUT2D eigenvalue weighted by Crippen LogP contribution is 2.40. The fraction of sp³-hybridized carbons (Fsp3) is 0.667. The average Bonchev–Trinajstić information content (AvgIpc) is 2.89. The zero-order valence-electron chi connectivity index (χ0n) is 13.9. The van der Waals surface area contributed by atoms with E-state index in [9.17, 15) is 0 Å². The van der Waals surface area contributed by atoms with Gasteiger partial charge in [0.15, 0.2) is 0 Å². The first-order valence-electron chi connectivity index (χ1n) is 8.22. The smallest absolute Gasteiger partial charge is 0.123 e. The molecule has 0 spiro atoms. The number of ether oxygens (including phenoxy) is 1. The Hall–Kier alpha value is -1.06. The lowest BCUT2D eigenvalue weighted by Crippen LogP contribution is -2.21. The van der Waals surface area contributed by atoms with Gasteiger partial charge in [0.2, 0.25) is 0 Å². The topological polar surface area (TPSA) is 38.5 Å². The second-order valence-electron chi connectivity index (χ2n) is 6.31. The van der Waals surface area contributed by atoms with Gasteiger partial charge in [-0.15, -0.1) is 0 Å². The van der Waals surface area contributed by atoms with Crippen molar-refractivity contribution in [3.63, 3.8) is 0 Å². The summed E-state index contributed by atoms with van der Waals surface area (Å²) >= 11 is 0. The Kier molecular flexibility index (Phi) is 5.65. The summed E-state index contributed by atoms with van der Waals surface area (Å²) in [5, 5.41) is 0. The minimum absolute atomic E-state index is 0.433. The molecule has 2 N–H and O–H groups in total. The zero-order chi connectivity index (χ0) is 15.4. The van der Waals surface area contributed by atoms with Crippen molar-refractivity contribution in [2.24, 2.45) is 11.7 Å². The first-order valence-corrected chi connectivity index (χ1v) is 8.22. The van der Waals surface area contributed by atoms with Crippen LogP contribution in [0.25, 0.3) is 0 Å². The highest BCUT2D eigenvalue weighted by Gasteiger charge is 2.31. The molecule has 2 rings (SSSR count). The van der Waals surface area contributed by atoms with Gasteiger partial charge in [-0.3, -0.25) is 4.90 Å². The molecule has 3 nitrogen and oxygen atoms in total. The Balaban J connectivity index is 2.34. The predicted molar refractivity (Wildman–Crippen MR) is 88.8 cm³/mol. The van der Waals surface area contributed by atoms with Crippen molar-refractivity contribution in [2.75, 3.05) is 27.2 Å². The summed E-state index contributed by atoms with van der Waals surface area (Å²) in [4.78, 5) is 2.42. The van der Waals surface area contributed by atoms with E-state index in [0.29, 0.717) is 17.9 Å². The Morgan fingerprint density at radius 2 is 2.05 bits per heavy atom. The molecule has 21 heavy (non-hydrogen) atoms. The molecule has 1 fully saturated rings. The van der Waals surface area contributed by atoms with E-state index in [1.54, 1.807) is 7.11 Å². The van der Waals surface area contributed by atoms with Gasteiger partial charge in [0, 0.05) is 18.2 Å². The van der Waals surface area contributed by atoms with Gasteiger partial charge < -0.3 is 10.5 Å². The van der Waals surface area contributed by atoms with Gasteiger partial charge in [-0.05, 0) is 56.3 Å². The molecule has 1 aliphatic heterocycles. The number of hydrogen-bond donors (Lipinski definition) is 1. The number of hydrogen-bond acceptors (Lipinski definition) is 3. The molecule has 0 aromatic heterocycles. The summed E-state index contributed by atoms with van der Waals surface area (Å²) in [7, 11) is 3.97. The Bertz CT molecular complexity index is 457. The largest absolute Gasteiger partial charge is 0.496 e. The second kappa shape index (κ2) is 7.28. The van der Waals surface area contributed by atoms with Crippen LogP contribution in [0.4, 0.5) is 0 Å². The maximum absolute atomic E-state index is 5.87. The van der Waals surface area contributed by atoms with Crippen molar-refractivity contribution >= 4 is 0 Å². The SMILES string of the molecule is CCC(CC)c1ccc(OC)c(C2CC(CN)CN2C)c1. The van der Waals surface area contributed by atoms with E-state index in [1.807, 2.05) is 0 Å². The molecular weight excluding hydrogens is 260 g/mol. The molecule has 2 unspecified atom stereocenters. The van der Waals surface area contributed by atoms with Crippen LogP contribution in [0.3, 0.4) is 0 Å². The molecule has 118 valence electrons. The summed E-state index contributed by atoms with van der Waals surface area (Å²) in [6.07, 6.45) is 3.51. The molecule has 0 radical (unpaired) electrons. The number of nitrogens with two attached hydrogens (primary N) is 1. The standard InChI is InChI=1S/C18H30N2O/c1-5-14(6-2)15-7-8-18(21-4)16(10-15)17-9-13(11-19)12-20(17)3/h7-8,10,13-14,17H,5-6,9,11-12,19H2,1-4H3. The highest BCUT2D eigenvalue weighted by molar-refractivity contribution is 5.41. The highest BCUT2D eigenvalue weighted by atomic mass is 16.5. The average molecular weight is 290 g/mol. The van der Waals surface area contributed by atoms with Gasteiger partial charge in [-0.25, -0.2) is 0 Å². The molecular formula is C18H30N2O. The lowest BCUT2D eigenvalue weighted by atomic mass is 9.90. The molecule has 0 saturated carbocycles. The van der Waals surface area contributed by atoms with E-state index in [1.165, 1.54) is 24.0 Å². The summed E-state index contributed by atoms with van der Waals surface area (Å²) in [5.41, 5.74) is 8.65. The van der Waals surface area contributed by atoms with Crippen molar-refractivity contribution in [1.29, 1.82) is 0 Å². The normalized spacial score (nSPS) is 23.0. The minimum atomic E-state index is 0.433. The number of nitrogens with zero attached hydrogens (tertiary/aromatic N) is 1. The fourth-order valence-electron chi connectivity index (χ4n) is 3.67. The molecule has 1 saturated heterocycles. The third-order valence-electron chi connectivity index (χ3n) is 5.04. The molecule has 0 amide bonds. The maximum atomic E-state index is 5.87. The first-order chi connectivity index (χ1) is 10.1. The quantitative estimate of drug-likeness (QED) is 0.870. The van der Waals surface area contributed by atoms with Crippen molar-refractivity contribution in [1.82, 2.24) is 4.90 Å². The van der Waals surface area contributed by atoms with Gasteiger partial charge in [-0.1, -0.05) is 26.0 Å². The Morgan fingerprint density at radius 1 is 1.33 bits per heavy atom.